The minimum absolute atomic E-state index is 0.0347. The Morgan fingerprint density at radius 3 is 2.73 bits per heavy atom. The van der Waals surface area contributed by atoms with Crippen LogP contribution in [0, 0.1) is 5.82 Å². The van der Waals surface area contributed by atoms with E-state index in [-0.39, 0.29) is 18.9 Å². The molecule has 2 aromatic rings. The average Bonchev–Trinajstić information content (AvgIpc) is 3.10. The van der Waals surface area contributed by atoms with Gasteiger partial charge in [0.2, 0.25) is 6.79 Å². The quantitative estimate of drug-likeness (QED) is 0.801. The minimum atomic E-state index is -0.691. The van der Waals surface area contributed by atoms with Gasteiger partial charge in [-0.2, -0.15) is 0 Å². The molecule has 0 spiro atoms. The molecule has 7 nitrogen and oxygen atoms in total. The van der Waals surface area contributed by atoms with Crippen molar-refractivity contribution < 1.29 is 28.2 Å². The molecule has 2 N–H and O–H groups in total. The van der Waals surface area contributed by atoms with Gasteiger partial charge in [0.1, 0.15) is 5.82 Å². The Kier molecular flexibility index (Phi) is 5.21. The Hall–Kier alpha value is -3.29. The molecule has 1 heterocycles. The van der Waals surface area contributed by atoms with Gasteiger partial charge in [-0.15, -0.1) is 0 Å². The SMILES string of the molecule is COC(=O)C[C@@H](NC(=O)Nc1ccccc1F)c1ccc2c(c1)OCO2. The van der Waals surface area contributed by atoms with Gasteiger partial charge in [0, 0.05) is 0 Å². The van der Waals surface area contributed by atoms with Crippen LogP contribution in [0.5, 0.6) is 11.5 Å². The van der Waals surface area contributed by atoms with E-state index in [1.165, 1.54) is 25.3 Å². The van der Waals surface area contributed by atoms with Gasteiger partial charge in [0.25, 0.3) is 0 Å². The predicted molar refractivity (Wildman–Crippen MR) is 90.5 cm³/mol. The Balaban J connectivity index is 1.76. The summed E-state index contributed by atoms with van der Waals surface area (Å²) in [5.41, 5.74) is 0.663. The first-order valence-corrected chi connectivity index (χ1v) is 7.85. The summed E-state index contributed by atoms with van der Waals surface area (Å²) in [4.78, 5) is 24.0. The summed E-state index contributed by atoms with van der Waals surface area (Å²) in [6.45, 7) is 0.113. The van der Waals surface area contributed by atoms with E-state index in [1.807, 2.05) is 0 Å². The summed E-state index contributed by atoms with van der Waals surface area (Å²) in [5.74, 6) is 0.0455. The van der Waals surface area contributed by atoms with Gasteiger partial charge in [-0.3, -0.25) is 4.79 Å². The average molecular weight is 360 g/mol. The first-order valence-electron chi connectivity index (χ1n) is 7.85. The number of urea groups is 1. The highest BCUT2D eigenvalue weighted by molar-refractivity contribution is 5.90. The first-order chi connectivity index (χ1) is 12.6. The number of esters is 1. The third kappa shape index (κ3) is 4.02. The van der Waals surface area contributed by atoms with E-state index >= 15 is 0 Å². The molecule has 3 rings (SSSR count). The number of nitrogens with one attached hydrogen (secondary N) is 2. The molecule has 0 aromatic heterocycles. The fourth-order valence-corrected chi connectivity index (χ4v) is 2.51. The van der Waals surface area contributed by atoms with Crippen LogP contribution in [0.1, 0.15) is 18.0 Å². The van der Waals surface area contributed by atoms with Crippen molar-refractivity contribution in [3.8, 4) is 11.5 Å². The van der Waals surface area contributed by atoms with Crippen LogP contribution in [-0.4, -0.2) is 25.9 Å². The number of halogens is 1. The maximum absolute atomic E-state index is 13.7. The summed E-state index contributed by atoms with van der Waals surface area (Å²) < 4.78 is 28.9. The second-order valence-electron chi connectivity index (χ2n) is 5.52. The van der Waals surface area contributed by atoms with Crippen LogP contribution in [0.3, 0.4) is 0 Å². The van der Waals surface area contributed by atoms with E-state index in [0.717, 1.165) is 0 Å². The van der Waals surface area contributed by atoms with E-state index in [4.69, 9.17) is 9.47 Å². The largest absolute Gasteiger partial charge is 0.469 e. The fourth-order valence-electron chi connectivity index (χ4n) is 2.51. The van der Waals surface area contributed by atoms with Crippen molar-refractivity contribution in [2.75, 3.05) is 19.2 Å². The zero-order chi connectivity index (χ0) is 18.5. The lowest BCUT2D eigenvalue weighted by Gasteiger charge is -2.19. The molecular weight excluding hydrogens is 343 g/mol. The summed E-state index contributed by atoms with van der Waals surface area (Å²) in [6.07, 6.45) is -0.0964. The summed E-state index contributed by atoms with van der Waals surface area (Å²) in [6, 6.07) is 9.53. The number of anilines is 1. The Labute approximate surface area is 149 Å². The van der Waals surface area contributed by atoms with Crippen LogP contribution >= 0.6 is 0 Å². The maximum atomic E-state index is 13.7. The molecule has 136 valence electrons. The number of carbonyl (C=O) groups is 2. The van der Waals surface area contributed by atoms with Crippen molar-refractivity contribution in [2.45, 2.75) is 12.5 Å². The smallest absolute Gasteiger partial charge is 0.319 e. The Morgan fingerprint density at radius 1 is 1.19 bits per heavy atom. The molecule has 8 heteroatoms. The number of benzene rings is 2. The highest BCUT2D eigenvalue weighted by Gasteiger charge is 2.22. The third-order valence-corrected chi connectivity index (χ3v) is 3.82. The molecule has 0 bridgehead atoms. The van der Waals surface area contributed by atoms with Gasteiger partial charge in [-0.05, 0) is 29.8 Å². The molecular formula is C18H17FN2O5. The Morgan fingerprint density at radius 2 is 1.96 bits per heavy atom. The molecule has 0 unspecified atom stereocenters. The van der Waals surface area contributed by atoms with E-state index in [0.29, 0.717) is 17.1 Å². The van der Waals surface area contributed by atoms with Crippen LogP contribution in [0.25, 0.3) is 0 Å². The van der Waals surface area contributed by atoms with Crippen molar-refractivity contribution in [1.29, 1.82) is 0 Å². The monoisotopic (exact) mass is 360 g/mol. The molecule has 1 aliphatic rings. The number of fused-ring (bicyclic) bond motifs is 1. The lowest BCUT2D eigenvalue weighted by Crippen LogP contribution is -2.34. The molecule has 0 saturated carbocycles. The van der Waals surface area contributed by atoms with Crippen molar-refractivity contribution >= 4 is 17.7 Å². The topological polar surface area (TPSA) is 85.9 Å². The minimum Gasteiger partial charge on any atom is -0.469 e. The summed E-state index contributed by atoms with van der Waals surface area (Å²) >= 11 is 0. The molecule has 0 fully saturated rings. The highest BCUT2D eigenvalue weighted by atomic mass is 19.1. The molecule has 0 radical (unpaired) electrons. The number of para-hydroxylation sites is 1. The fraction of sp³-hybridized carbons (Fsp3) is 0.222. The van der Waals surface area contributed by atoms with Crippen LogP contribution in [0.4, 0.5) is 14.9 Å². The second-order valence-corrected chi connectivity index (χ2v) is 5.52. The van der Waals surface area contributed by atoms with Crippen molar-refractivity contribution in [3.63, 3.8) is 0 Å². The molecule has 1 aliphatic heterocycles. The van der Waals surface area contributed by atoms with Gasteiger partial charge < -0.3 is 24.8 Å². The number of rotatable bonds is 5. The molecule has 0 aliphatic carbocycles. The van der Waals surface area contributed by atoms with Crippen molar-refractivity contribution in [3.05, 3.63) is 53.8 Å². The predicted octanol–water partition coefficient (Wildman–Crippen LogP) is 2.98. The normalized spacial score (nSPS) is 13.0. The van der Waals surface area contributed by atoms with Crippen LogP contribution in [-0.2, 0) is 9.53 Å². The van der Waals surface area contributed by atoms with Crippen molar-refractivity contribution in [1.82, 2.24) is 5.32 Å². The number of hydrogen-bond donors (Lipinski definition) is 2. The van der Waals surface area contributed by atoms with E-state index in [2.05, 4.69) is 15.4 Å². The first kappa shape index (κ1) is 17.5. The highest BCUT2D eigenvalue weighted by Crippen LogP contribution is 2.35. The molecule has 26 heavy (non-hydrogen) atoms. The number of carbonyl (C=O) groups excluding carboxylic acids is 2. The lowest BCUT2D eigenvalue weighted by molar-refractivity contribution is -0.141. The van der Waals surface area contributed by atoms with Gasteiger partial charge in [0.05, 0.1) is 25.3 Å². The van der Waals surface area contributed by atoms with Crippen LogP contribution in [0.15, 0.2) is 42.5 Å². The zero-order valence-electron chi connectivity index (χ0n) is 14.0. The molecule has 2 amide bonds. The van der Waals surface area contributed by atoms with E-state index in [9.17, 15) is 14.0 Å². The van der Waals surface area contributed by atoms with E-state index in [1.54, 1.807) is 24.3 Å². The number of ether oxygens (including phenoxy) is 3. The number of amides is 2. The number of hydrogen-bond acceptors (Lipinski definition) is 5. The molecule has 2 aromatic carbocycles. The third-order valence-electron chi connectivity index (χ3n) is 3.82. The lowest BCUT2D eigenvalue weighted by atomic mass is 10.0. The zero-order valence-corrected chi connectivity index (χ0v) is 14.0. The second kappa shape index (κ2) is 7.73. The van der Waals surface area contributed by atoms with Gasteiger partial charge in [-0.25, -0.2) is 9.18 Å². The number of methoxy groups -OCH3 is 1. The summed E-state index contributed by atoms with van der Waals surface area (Å²) in [5, 5.41) is 5.07. The molecule has 0 saturated heterocycles. The van der Waals surface area contributed by atoms with Gasteiger partial charge in [-0.1, -0.05) is 18.2 Å². The standard InChI is InChI=1S/C18H17FN2O5/c1-24-17(22)9-14(11-6-7-15-16(8-11)26-10-25-15)21-18(23)20-13-5-3-2-4-12(13)19/h2-8,14H,9-10H2,1H3,(H2,20,21,23)/t14-/m1/s1. The Bertz CT molecular complexity index is 827. The van der Waals surface area contributed by atoms with Gasteiger partial charge >= 0.3 is 12.0 Å². The van der Waals surface area contributed by atoms with Crippen molar-refractivity contribution in [2.24, 2.45) is 0 Å². The van der Waals surface area contributed by atoms with Crippen LogP contribution < -0.4 is 20.1 Å². The van der Waals surface area contributed by atoms with Gasteiger partial charge in [0.15, 0.2) is 11.5 Å². The van der Waals surface area contributed by atoms with Crippen LogP contribution in [0.2, 0.25) is 0 Å². The maximum Gasteiger partial charge on any atom is 0.319 e. The van der Waals surface area contributed by atoms with E-state index < -0.39 is 23.9 Å². The summed E-state index contributed by atoms with van der Waals surface area (Å²) in [7, 11) is 1.26. The molecule has 1 atom stereocenters.